The summed E-state index contributed by atoms with van der Waals surface area (Å²) in [6.45, 7) is 0.770. The van der Waals surface area contributed by atoms with Crippen LogP contribution in [-0.2, 0) is 19.6 Å². The van der Waals surface area contributed by atoms with Crippen molar-refractivity contribution in [3.63, 3.8) is 0 Å². The van der Waals surface area contributed by atoms with Gasteiger partial charge in [0.2, 0.25) is 0 Å². The lowest BCUT2D eigenvalue weighted by molar-refractivity contribution is 0.0950. The first-order valence-electron chi connectivity index (χ1n) is 11.2. The third kappa shape index (κ3) is 6.80. The van der Waals surface area contributed by atoms with E-state index in [1.54, 1.807) is 55.4 Å². The fourth-order valence-electron chi connectivity index (χ4n) is 3.38. The minimum absolute atomic E-state index is 0.194. The Morgan fingerprint density at radius 2 is 0.833 bits per heavy atom. The molecule has 0 radical (unpaired) electrons. The van der Waals surface area contributed by atoms with E-state index in [9.17, 15) is 14.4 Å². The highest BCUT2D eigenvalue weighted by atomic mass is 16.2. The van der Waals surface area contributed by atoms with E-state index in [1.165, 1.54) is 18.2 Å². The maximum absolute atomic E-state index is 12.9. The second kappa shape index (κ2) is 12.0. The molecule has 3 N–H and O–H groups in total. The molecule has 0 saturated carbocycles. The average Bonchev–Trinajstić information content (AvgIpc) is 2.94. The van der Waals surface area contributed by atoms with Crippen LogP contribution in [0.1, 0.15) is 47.8 Å². The van der Waals surface area contributed by atoms with Crippen LogP contribution in [0.4, 0.5) is 0 Å². The number of carbonyl (C=O) groups is 3. The summed E-state index contributed by atoms with van der Waals surface area (Å²) in [5, 5.41) is 8.41. The number of pyridine rings is 3. The molecule has 1 aromatic carbocycles. The van der Waals surface area contributed by atoms with Crippen LogP contribution in [0.3, 0.4) is 0 Å². The molecule has 9 nitrogen and oxygen atoms in total. The molecule has 0 aliphatic rings. The molecular weight excluding hydrogens is 456 g/mol. The molecular formula is C27H24N6O3. The van der Waals surface area contributed by atoms with Crippen LogP contribution >= 0.6 is 0 Å². The highest BCUT2D eigenvalue weighted by Gasteiger charge is 2.17. The van der Waals surface area contributed by atoms with Gasteiger partial charge in [0.05, 0.1) is 0 Å². The summed E-state index contributed by atoms with van der Waals surface area (Å²) < 4.78 is 0. The molecule has 0 spiro atoms. The van der Waals surface area contributed by atoms with Gasteiger partial charge in [0.25, 0.3) is 17.7 Å². The van der Waals surface area contributed by atoms with Gasteiger partial charge in [-0.3, -0.25) is 29.3 Å². The Balaban J connectivity index is 1.52. The molecule has 3 aromatic heterocycles. The zero-order chi connectivity index (χ0) is 25.2. The standard InChI is InChI=1S/C27H24N6O3/c34-25(31-16-19-4-1-7-28-13-19)22-10-23(26(35)32-17-20-5-2-8-29-14-20)12-24(11-22)27(36)33-18-21-6-3-9-30-15-21/h1-15H,16-18H2,(H,31,34)(H,32,35)(H,33,36). The van der Waals surface area contributed by atoms with Crippen molar-refractivity contribution >= 4 is 17.7 Å². The van der Waals surface area contributed by atoms with Gasteiger partial charge in [0.15, 0.2) is 0 Å². The van der Waals surface area contributed by atoms with Crippen LogP contribution in [0.5, 0.6) is 0 Å². The molecule has 4 aromatic rings. The second-order valence-corrected chi connectivity index (χ2v) is 7.93. The van der Waals surface area contributed by atoms with Gasteiger partial charge in [-0.05, 0) is 53.1 Å². The molecule has 0 saturated heterocycles. The van der Waals surface area contributed by atoms with Crippen molar-refractivity contribution < 1.29 is 14.4 Å². The normalized spacial score (nSPS) is 10.3. The summed E-state index contributed by atoms with van der Waals surface area (Å²) in [4.78, 5) is 50.8. The van der Waals surface area contributed by atoms with Gasteiger partial charge in [0, 0.05) is 73.5 Å². The fraction of sp³-hybridized carbons (Fsp3) is 0.111. The van der Waals surface area contributed by atoms with Crippen LogP contribution in [-0.4, -0.2) is 32.7 Å². The Bertz CT molecular complexity index is 1150. The Hall–Kier alpha value is -4.92. The summed E-state index contributed by atoms with van der Waals surface area (Å²) >= 11 is 0. The van der Waals surface area contributed by atoms with Gasteiger partial charge in [-0.15, -0.1) is 0 Å². The number of amides is 3. The van der Waals surface area contributed by atoms with Gasteiger partial charge < -0.3 is 16.0 Å². The molecule has 0 atom stereocenters. The van der Waals surface area contributed by atoms with E-state index < -0.39 is 17.7 Å². The minimum atomic E-state index is -0.415. The fourth-order valence-corrected chi connectivity index (χ4v) is 3.38. The molecule has 0 fully saturated rings. The lowest BCUT2D eigenvalue weighted by Gasteiger charge is -2.12. The first-order valence-corrected chi connectivity index (χ1v) is 11.2. The summed E-state index contributed by atoms with van der Waals surface area (Å²) in [6.07, 6.45) is 9.90. The highest BCUT2D eigenvalue weighted by molar-refractivity contribution is 6.04. The number of hydrogen-bond donors (Lipinski definition) is 3. The van der Waals surface area contributed by atoms with E-state index in [1.807, 2.05) is 18.2 Å². The van der Waals surface area contributed by atoms with E-state index in [0.717, 1.165) is 16.7 Å². The molecule has 3 heterocycles. The van der Waals surface area contributed by atoms with Gasteiger partial charge in [-0.2, -0.15) is 0 Å². The number of hydrogen-bond acceptors (Lipinski definition) is 6. The molecule has 4 rings (SSSR count). The number of aromatic nitrogens is 3. The van der Waals surface area contributed by atoms with Crippen molar-refractivity contribution in [1.29, 1.82) is 0 Å². The summed E-state index contributed by atoms with van der Waals surface area (Å²) in [5.41, 5.74) is 3.06. The van der Waals surface area contributed by atoms with Gasteiger partial charge >= 0.3 is 0 Å². The van der Waals surface area contributed by atoms with E-state index in [2.05, 4.69) is 30.9 Å². The summed E-state index contributed by atoms with van der Waals surface area (Å²) in [7, 11) is 0. The quantitative estimate of drug-likeness (QED) is 0.338. The number of nitrogens with zero attached hydrogens (tertiary/aromatic N) is 3. The zero-order valence-electron chi connectivity index (χ0n) is 19.3. The smallest absolute Gasteiger partial charge is 0.251 e. The van der Waals surface area contributed by atoms with Crippen LogP contribution in [0.2, 0.25) is 0 Å². The van der Waals surface area contributed by atoms with Gasteiger partial charge in [-0.25, -0.2) is 0 Å². The van der Waals surface area contributed by atoms with E-state index in [-0.39, 0.29) is 36.3 Å². The minimum Gasteiger partial charge on any atom is -0.348 e. The van der Waals surface area contributed by atoms with Crippen LogP contribution < -0.4 is 16.0 Å². The predicted octanol–water partition coefficient (Wildman–Crippen LogP) is 2.66. The number of rotatable bonds is 9. The Morgan fingerprint density at radius 1 is 0.528 bits per heavy atom. The lowest BCUT2D eigenvalue weighted by atomic mass is 10.0. The molecule has 0 bridgehead atoms. The van der Waals surface area contributed by atoms with Gasteiger partial charge in [-0.1, -0.05) is 18.2 Å². The first kappa shape index (κ1) is 24.2. The lowest BCUT2D eigenvalue weighted by Crippen LogP contribution is -2.28. The highest BCUT2D eigenvalue weighted by Crippen LogP contribution is 2.13. The largest absolute Gasteiger partial charge is 0.348 e. The molecule has 0 unspecified atom stereocenters. The maximum Gasteiger partial charge on any atom is 0.251 e. The van der Waals surface area contributed by atoms with Crippen molar-refractivity contribution in [1.82, 2.24) is 30.9 Å². The average molecular weight is 481 g/mol. The van der Waals surface area contributed by atoms with E-state index in [0.29, 0.717) is 0 Å². The molecule has 0 aliphatic heterocycles. The first-order chi connectivity index (χ1) is 17.6. The second-order valence-electron chi connectivity index (χ2n) is 7.93. The van der Waals surface area contributed by atoms with Crippen molar-refractivity contribution in [2.45, 2.75) is 19.6 Å². The molecule has 0 aliphatic carbocycles. The number of nitrogens with one attached hydrogen (secondary N) is 3. The number of carbonyl (C=O) groups excluding carboxylic acids is 3. The Labute approximate surface area is 208 Å². The summed E-state index contributed by atoms with van der Waals surface area (Å²) in [5.74, 6) is -1.24. The predicted molar refractivity (Wildman–Crippen MR) is 133 cm³/mol. The van der Waals surface area contributed by atoms with Crippen molar-refractivity contribution in [3.05, 3.63) is 125 Å². The van der Waals surface area contributed by atoms with Crippen molar-refractivity contribution in [3.8, 4) is 0 Å². The molecule has 36 heavy (non-hydrogen) atoms. The van der Waals surface area contributed by atoms with E-state index >= 15 is 0 Å². The Morgan fingerprint density at radius 3 is 1.08 bits per heavy atom. The molecule has 180 valence electrons. The van der Waals surface area contributed by atoms with Gasteiger partial charge in [0.1, 0.15) is 0 Å². The van der Waals surface area contributed by atoms with Crippen molar-refractivity contribution in [2.75, 3.05) is 0 Å². The SMILES string of the molecule is O=C(NCc1cccnc1)c1cc(C(=O)NCc2cccnc2)cc(C(=O)NCc2cccnc2)c1. The third-order valence-electron chi connectivity index (χ3n) is 5.25. The van der Waals surface area contributed by atoms with Crippen LogP contribution in [0, 0.1) is 0 Å². The molecule has 9 heteroatoms. The summed E-state index contributed by atoms with van der Waals surface area (Å²) in [6, 6.07) is 15.3. The number of benzene rings is 1. The van der Waals surface area contributed by atoms with Crippen LogP contribution in [0.25, 0.3) is 0 Å². The van der Waals surface area contributed by atoms with E-state index in [4.69, 9.17) is 0 Å². The Kier molecular flexibility index (Phi) is 8.06. The maximum atomic E-state index is 12.9. The van der Waals surface area contributed by atoms with Crippen molar-refractivity contribution in [2.24, 2.45) is 0 Å². The topological polar surface area (TPSA) is 126 Å². The monoisotopic (exact) mass is 480 g/mol. The molecule has 3 amide bonds. The zero-order valence-corrected chi connectivity index (χ0v) is 19.3. The third-order valence-corrected chi connectivity index (χ3v) is 5.25. The van der Waals surface area contributed by atoms with Crippen LogP contribution in [0.15, 0.2) is 91.8 Å².